The molecule has 0 aliphatic carbocycles. The molecule has 0 radical (unpaired) electrons. The third-order valence-corrected chi connectivity index (χ3v) is 2.20. The van der Waals surface area contributed by atoms with Crippen LogP contribution in [-0.4, -0.2) is 46.4 Å². The summed E-state index contributed by atoms with van der Waals surface area (Å²) < 4.78 is 13.4. The van der Waals surface area contributed by atoms with E-state index in [2.05, 4.69) is 11.8 Å². The summed E-state index contributed by atoms with van der Waals surface area (Å²) in [5.41, 5.74) is 0. The quantitative estimate of drug-likeness (QED) is 0.612. The van der Waals surface area contributed by atoms with Crippen LogP contribution in [0.5, 0.6) is 0 Å². The van der Waals surface area contributed by atoms with E-state index in [9.17, 15) is 5.11 Å². The Hall–Kier alpha value is 0.190. The second-order valence-corrected chi connectivity index (χ2v) is 3.93. The summed E-state index contributed by atoms with van der Waals surface area (Å²) in [5, 5.41) is 9.26. The predicted octanol–water partition coefficient (Wildman–Crippen LogP) is 1.61. The summed E-state index contributed by atoms with van der Waals surface area (Å²) in [4.78, 5) is 2.13. The van der Waals surface area contributed by atoms with Crippen LogP contribution in [0, 0.1) is 0 Å². The van der Waals surface area contributed by atoms with Crippen molar-refractivity contribution in [3.05, 3.63) is 0 Å². The standard InChI is InChI=1S/C9H21NO3S/c1-4-5-10(6-8(2)11)7-9(3)13-14-12/h8-9,11-12H,4-7H2,1-3H3. The van der Waals surface area contributed by atoms with Crippen LogP contribution in [0.25, 0.3) is 0 Å². The molecule has 4 nitrogen and oxygen atoms in total. The van der Waals surface area contributed by atoms with Crippen molar-refractivity contribution < 1.29 is 13.8 Å². The van der Waals surface area contributed by atoms with E-state index in [-0.39, 0.29) is 12.2 Å². The van der Waals surface area contributed by atoms with Crippen molar-refractivity contribution >= 4 is 12.3 Å². The highest BCUT2D eigenvalue weighted by Crippen LogP contribution is 2.05. The smallest absolute Gasteiger partial charge is 0.155 e. The maximum absolute atomic E-state index is 9.26. The van der Waals surface area contributed by atoms with Crippen LogP contribution in [0.15, 0.2) is 0 Å². The molecule has 86 valence electrons. The zero-order valence-electron chi connectivity index (χ0n) is 9.14. The summed E-state index contributed by atoms with van der Waals surface area (Å²) in [6.45, 7) is 8.09. The summed E-state index contributed by atoms with van der Waals surface area (Å²) in [5.74, 6) is 0. The third kappa shape index (κ3) is 7.58. The van der Waals surface area contributed by atoms with Gasteiger partial charge in [0.25, 0.3) is 0 Å². The van der Waals surface area contributed by atoms with E-state index in [1.165, 1.54) is 0 Å². The highest BCUT2D eigenvalue weighted by atomic mass is 32.2. The molecular weight excluding hydrogens is 202 g/mol. The van der Waals surface area contributed by atoms with E-state index in [1.807, 2.05) is 6.92 Å². The highest BCUT2D eigenvalue weighted by Gasteiger charge is 2.12. The topological polar surface area (TPSA) is 52.9 Å². The van der Waals surface area contributed by atoms with E-state index in [1.54, 1.807) is 6.92 Å². The van der Waals surface area contributed by atoms with Gasteiger partial charge in [-0.3, -0.25) is 9.08 Å². The molecule has 2 unspecified atom stereocenters. The summed E-state index contributed by atoms with van der Waals surface area (Å²) >= 11 is 0.400. The van der Waals surface area contributed by atoms with Crippen molar-refractivity contribution in [3.63, 3.8) is 0 Å². The zero-order chi connectivity index (χ0) is 11.0. The van der Waals surface area contributed by atoms with Gasteiger partial charge < -0.3 is 9.66 Å². The monoisotopic (exact) mass is 223 g/mol. The van der Waals surface area contributed by atoms with Gasteiger partial charge in [-0.25, -0.2) is 0 Å². The van der Waals surface area contributed by atoms with Crippen molar-refractivity contribution in [1.29, 1.82) is 0 Å². The summed E-state index contributed by atoms with van der Waals surface area (Å²) in [7, 11) is 0. The van der Waals surface area contributed by atoms with Gasteiger partial charge in [-0.2, -0.15) is 0 Å². The number of hydrogen-bond donors (Lipinski definition) is 2. The molecule has 2 N–H and O–H groups in total. The first-order valence-corrected chi connectivity index (χ1v) is 5.67. The molecule has 0 amide bonds. The minimum Gasteiger partial charge on any atom is -0.392 e. The predicted molar refractivity (Wildman–Crippen MR) is 59.2 cm³/mol. The second-order valence-electron chi connectivity index (χ2n) is 3.59. The largest absolute Gasteiger partial charge is 0.392 e. The van der Waals surface area contributed by atoms with Gasteiger partial charge >= 0.3 is 0 Å². The molecule has 0 saturated carbocycles. The van der Waals surface area contributed by atoms with Crippen LogP contribution in [0.3, 0.4) is 0 Å². The number of nitrogens with zero attached hydrogens (tertiary/aromatic N) is 1. The van der Waals surface area contributed by atoms with E-state index in [4.69, 9.17) is 8.74 Å². The first-order valence-electron chi connectivity index (χ1n) is 4.97. The maximum Gasteiger partial charge on any atom is 0.155 e. The molecule has 0 aromatic rings. The lowest BCUT2D eigenvalue weighted by Gasteiger charge is -2.25. The maximum atomic E-state index is 9.26. The van der Waals surface area contributed by atoms with Gasteiger partial charge in [0.2, 0.25) is 0 Å². The van der Waals surface area contributed by atoms with Crippen molar-refractivity contribution in [2.24, 2.45) is 0 Å². The molecule has 2 atom stereocenters. The molecular formula is C9H21NO3S. The Morgan fingerprint density at radius 2 is 2.00 bits per heavy atom. The van der Waals surface area contributed by atoms with Gasteiger partial charge in [-0.15, -0.1) is 0 Å². The molecule has 0 saturated heterocycles. The van der Waals surface area contributed by atoms with Crippen LogP contribution in [0.2, 0.25) is 0 Å². The number of aliphatic hydroxyl groups excluding tert-OH is 1. The summed E-state index contributed by atoms with van der Waals surface area (Å²) in [6, 6.07) is 0. The van der Waals surface area contributed by atoms with Gasteiger partial charge in [-0.05, 0) is 26.8 Å². The number of hydrogen-bond acceptors (Lipinski definition) is 5. The molecule has 0 spiro atoms. The molecule has 0 aromatic carbocycles. The first-order chi connectivity index (χ1) is 6.60. The van der Waals surface area contributed by atoms with Gasteiger partial charge in [-0.1, -0.05) is 6.92 Å². The molecule has 0 fully saturated rings. The molecule has 14 heavy (non-hydrogen) atoms. The van der Waals surface area contributed by atoms with Crippen LogP contribution in [0.4, 0.5) is 0 Å². The third-order valence-electron chi connectivity index (χ3n) is 1.78. The van der Waals surface area contributed by atoms with Crippen molar-refractivity contribution in [2.75, 3.05) is 19.6 Å². The molecule has 0 aliphatic heterocycles. The Labute approximate surface area is 90.7 Å². The Balaban J connectivity index is 3.81. The van der Waals surface area contributed by atoms with Crippen molar-refractivity contribution in [1.82, 2.24) is 4.90 Å². The average Bonchev–Trinajstić information content (AvgIpc) is 2.03. The zero-order valence-corrected chi connectivity index (χ0v) is 9.96. The van der Waals surface area contributed by atoms with E-state index >= 15 is 0 Å². The Morgan fingerprint density at radius 1 is 1.36 bits per heavy atom. The van der Waals surface area contributed by atoms with Crippen molar-refractivity contribution in [2.45, 2.75) is 39.4 Å². The lowest BCUT2D eigenvalue weighted by atomic mass is 10.3. The van der Waals surface area contributed by atoms with Crippen molar-refractivity contribution in [3.8, 4) is 0 Å². The van der Waals surface area contributed by atoms with Gasteiger partial charge in [0.05, 0.1) is 12.2 Å². The van der Waals surface area contributed by atoms with E-state index < -0.39 is 0 Å². The van der Waals surface area contributed by atoms with Crippen LogP contribution in [0.1, 0.15) is 27.2 Å². The van der Waals surface area contributed by atoms with Gasteiger partial charge in [0.15, 0.2) is 12.3 Å². The number of rotatable bonds is 8. The molecule has 0 aromatic heterocycles. The summed E-state index contributed by atoms with van der Waals surface area (Å²) in [6.07, 6.45) is 0.692. The lowest BCUT2D eigenvalue weighted by Crippen LogP contribution is -2.37. The molecule has 0 rings (SSSR count). The SMILES string of the molecule is CCCN(CC(C)O)CC(C)OSO. The van der Waals surface area contributed by atoms with Crippen LogP contribution < -0.4 is 0 Å². The van der Waals surface area contributed by atoms with Gasteiger partial charge in [0.1, 0.15) is 0 Å². The minimum atomic E-state index is -0.324. The lowest BCUT2D eigenvalue weighted by molar-refractivity contribution is 0.0974. The number of aliphatic hydroxyl groups is 1. The normalized spacial score (nSPS) is 15.9. The fraction of sp³-hybridized carbons (Fsp3) is 1.00. The fourth-order valence-electron chi connectivity index (χ4n) is 1.41. The molecule has 0 heterocycles. The second kappa shape index (κ2) is 8.49. The van der Waals surface area contributed by atoms with E-state index in [0.717, 1.165) is 19.5 Å². The molecule has 0 aliphatic rings. The molecule has 5 heteroatoms. The first kappa shape index (κ1) is 14.2. The Bertz CT molecular complexity index is 135. The van der Waals surface area contributed by atoms with Gasteiger partial charge in [0, 0.05) is 13.1 Å². The van der Waals surface area contributed by atoms with Crippen LogP contribution >= 0.6 is 12.3 Å². The van der Waals surface area contributed by atoms with Crippen LogP contribution in [-0.2, 0) is 4.18 Å². The fourth-order valence-corrected chi connectivity index (χ4v) is 1.62. The Morgan fingerprint density at radius 3 is 2.43 bits per heavy atom. The Kier molecular flexibility index (Phi) is 8.61. The minimum absolute atomic E-state index is 0.0321. The molecule has 0 bridgehead atoms. The average molecular weight is 223 g/mol. The highest BCUT2D eigenvalue weighted by molar-refractivity contribution is 7.88. The van der Waals surface area contributed by atoms with E-state index in [0.29, 0.717) is 18.9 Å².